The number of rotatable bonds is 4. The number of carbonyl (C=O) groups is 1. The zero-order chi connectivity index (χ0) is 14.7. The van der Waals surface area contributed by atoms with Gasteiger partial charge in [-0.2, -0.15) is 0 Å². The van der Waals surface area contributed by atoms with Gasteiger partial charge < -0.3 is 5.32 Å². The van der Waals surface area contributed by atoms with E-state index in [1.165, 1.54) is 22.5 Å². The summed E-state index contributed by atoms with van der Waals surface area (Å²) >= 11 is 1.36. The third-order valence-corrected chi connectivity index (χ3v) is 3.51. The quantitative estimate of drug-likeness (QED) is 0.908. The Hall–Kier alpha value is -1.95. The van der Waals surface area contributed by atoms with Crippen LogP contribution < -0.4 is 10.6 Å². The summed E-state index contributed by atoms with van der Waals surface area (Å²) in [4.78, 5) is 12.1. The Labute approximate surface area is 122 Å². The van der Waals surface area contributed by atoms with Crippen molar-refractivity contribution in [3.05, 3.63) is 34.3 Å². The van der Waals surface area contributed by atoms with Crippen molar-refractivity contribution >= 4 is 28.1 Å². The Morgan fingerprint density at radius 3 is 2.35 bits per heavy atom. The van der Waals surface area contributed by atoms with E-state index >= 15 is 0 Å². The maximum atomic E-state index is 12.1. The van der Waals surface area contributed by atoms with Crippen molar-refractivity contribution in [3.8, 4) is 0 Å². The van der Waals surface area contributed by atoms with E-state index in [1.54, 1.807) is 0 Å². The SMILES string of the molecule is Cc1cc(C)cc(NC(C)C(=O)Nc2nnc(C)s2)c1. The summed E-state index contributed by atoms with van der Waals surface area (Å²) < 4.78 is 0. The lowest BCUT2D eigenvalue weighted by Crippen LogP contribution is -2.31. The van der Waals surface area contributed by atoms with Crippen molar-refractivity contribution < 1.29 is 4.79 Å². The van der Waals surface area contributed by atoms with Crippen LogP contribution in [0.2, 0.25) is 0 Å². The maximum Gasteiger partial charge on any atom is 0.248 e. The minimum absolute atomic E-state index is 0.125. The molecule has 0 aliphatic heterocycles. The summed E-state index contributed by atoms with van der Waals surface area (Å²) in [6.45, 7) is 7.74. The molecule has 0 saturated carbocycles. The van der Waals surface area contributed by atoms with Crippen LogP contribution in [-0.4, -0.2) is 22.1 Å². The largest absolute Gasteiger partial charge is 0.374 e. The van der Waals surface area contributed by atoms with Gasteiger partial charge in [0.25, 0.3) is 0 Å². The second-order valence-corrected chi connectivity index (χ2v) is 6.04. The number of hydrogen-bond donors (Lipinski definition) is 2. The molecule has 1 aromatic heterocycles. The highest BCUT2D eigenvalue weighted by molar-refractivity contribution is 7.15. The number of amides is 1. The monoisotopic (exact) mass is 290 g/mol. The van der Waals surface area contributed by atoms with Gasteiger partial charge in [0.2, 0.25) is 11.0 Å². The van der Waals surface area contributed by atoms with E-state index in [1.807, 2.05) is 39.8 Å². The van der Waals surface area contributed by atoms with Gasteiger partial charge in [-0.3, -0.25) is 10.1 Å². The van der Waals surface area contributed by atoms with Crippen LogP contribution in [0.25, 0.3) is 0 Å². The molecule has 0 fully saturated rings. The van der Waals surface area contributed by atoms with Crippen molar-refractivity contribution in [1.82, 2.24) is 10.2 Å². The summed E-state index contributed by atoms with van der Waals surface area (Å²) in [5.41, 5.74) is 3.28. The molecule has 2 N–H and O–H groups in total. The summed E-state index contributed by atoms with van der Waals surface area (Å²) in [6, 6.07) is 5.79. The Kier molecular flexibility index (Phi) is 4.34. The lowest BCUT2D eigenvalue weighted by molar-refractivity contribution is -0.116. The molecule has 0 aliphatic rings. The highest BCUT2D eigenvalue weighted by Gasteiger charge is 2.14. The number of hydrogen-bond acceptors (Lipinski definition) is 5. The summed E-state index contributed by atoms with van der Waals surface area (Å²) in [5, 5.41) is 15.1. The zero-order valence-electron chi connectivity index (χ0n) is 12.0. The van der Waals surface area contributed by atoms with Gasteiger partial charge in [-0.1, -0.05) is 17.4 Å². The van der Waals surface area contributed by atoms with Crippen LogP contribution in [-0.2, 0) is 4.79 Å². The second-order valence-electron chi connectivity index (χ2n) is 4.86. The predicted octanol–water partition coefficient (Wildman–Crippen LogP) is 2.90. The molecule has 1 unspecified atom stereocenters. The topological polar surface area (TPSA) is 66.9 Å². The van der Waals surface area contributed by atoms with Gasteiger partial charge in [-0.15, -0.1) is 10.2 Å². The molecular weight excluding hydrogens is 272 g/mol. The molecule has 0 spiro atoms. The van der Waals surface area contributed by atoms with Gasteiger partial charge >= 0.3 is 0 Å². The van der Waals surface area contributed by atoms with Crippen molar-refractivity contribution in [2.75, 3.05) is 10.6 Å². The molecule has 5 nitrogen and oxygen atoms in total. The van der Waals surface area contributed by atoms with Gasteiger partial charge in [-0.25, -0.2) is 0 Å². The molecule has 2 aromatic rings. The van der Waals surface area contributed by atoms with E-state index in [-0.39, 0.29) is 11.9 Å². The Balaban J connectivity index is 2.00. The van der Waals surface area contributed by atoms with Gasteiger partial charge in [0, 0.05) is 5.69 Å². The molecule has 0 saturated heterocycles. The third-order valence-electron chi connectivity index (χ3n) is 2.75. The molecule has 0 radical (unpaired) electrons. The van der Waals surface area contributed by atoms with E-state index < -0.39 is 0 Å². The third kappa shape index (κ3) is 3.77. The highest BCUT2D eigenvalue weighted by atomic mass is 32.1. The Morgan fingerprint density at radius 1 is 1.15 bits per heavy atom. The van der Waals surface area contributed by atoms with Crippen LogP contribution in [0.1, 0.15) is 23.1 Å². The average molecular weight is 290 g/mol. The minimum Gasteiger partial charge on any atom is -0.374 e. The van der Waals surface area contributed by atoms with Crippen LogP contribution in [0.15, 0.2) is 18.2 Å². The van der Waals surface area contributed by atoms with E-state index in [4.69, 9.17) is 0 Å². The lowest BCUT2D eigenvalue weighted by atomic mass is 10.1. The van der Waals surface area contributed by atoms with E-state index in [2.05, 4.69) is 26.9 Å². The van der Waals surface area contributed by atoms with Crippen LogP contribution in [0.3, 0.4) is 0 Å². The first kappa shape index (κ1) is 14.5. The lowest BCUT2D eigenvalue weighted by Gasteiger charge is -2.15. The second kappa shape index (κ2) is 6.00. The van der Waals surface area contributed by atoms with Crippen LogP contribution >= 0.6 is 11.3 Å². The normalized spacial score (nSPS) is 12.0. The first-order valence-electron chi connectivity index (χ1n) is 6.40. The van der Waals surface area contributed by atoms with Crippen molar-refractivity contribution in [1.29, 1.82) is 0 Å². The van der Waals surface area contributed by atoms with Gasteiger partial charge in [0.15, 0.2) is 0 Å². The fraction of sp³-hybridized carbons (Fsp3) is 0.357. The number of nitrogens with zero attached hydrogens (tertiary/aromatic N) is 2. The summed E-state index contributed by atoms with van der Waals surface area (Å²) in [5.74, 6) is -0.125. The maximum absolute atomic E-state index is 12.1. The van der Waals surface area contributed by atoms with Crippen molar-refractivity contribution in [2.45, 2.75) is 33.7 Å². The van der Waals surface area contributed by atoms with Crippen LogP contribution in [0.4, 0.5) is 10.8 Å². The first-order chi connectivity index (χ1) is 9.44. The van der Waals surface area contributed by atoms with E-state index in [0.717, 1.165) is 10.7 Å². The van der Waals surface area contributed by atoms with Gasteiger partial charge in [0.1, 0.15) is 11.0 Å². The number of anilines is 2. The smallest absolute Gasteiger partial charge is 0.248 e. The van der Waals surface area contributed by atoms with Crippen LogP contribution in [0, 0.1) is 20.8 Å². The van der Waals surface area contributed by atoms with Crippen molar-refractivity contribution in [3.63, 3.8) is 0 Å². The zero-order valence-corrected chi connectivity index (χ0v) is 12.8. The highest BCUT2D eigenvalue weighted by Crippen LogP contribution is 2.17. The van der Waals surface area contributed by atoms with Crippen LogP contribution in [0.5, 0.6) is 0 Å². The van der Waals surface area contributed by atoms with Crippen molar-refractivity contribution in [2.24, 2.45) is 0 Å². The molecule has 6 heteroatoms. The molecule has 0 bridgehead atoms. The molecule has 20 heavy (non-hydrogen) atoms. The fourth-order valence-corrected chi connectivity index (χ4v) is 2.53. The predicted molar refractivity (Wildman–Crippen MR) is 82.3 cm³/mol. The summed E-state index contributed by atoms with van der Waals surface area (Å²) in [7, 11) is 0. The number of aryl methyl sites for hydroxylation is 3. The average Bonchev–Trinajstić information content (AvgIpc) is 2.73. The minimum atomic E-state index is -0.347. The molecule has 106 valence electrons. The first-order valence-corrected chi connectivity index (χ1v) is 7.21. The number of benzene rings is 1. The van der Waals surface area contributed by atoms with Gasteiger partial charge in [0.05, 0.1) is 0 Å². The Morgan fingerprint density at radius 2 is 1.80 bits per heavy atom. The molecule has 1 atom stereocenters. The molecule has 1 heterocycles. The van der Waals surface area contributed by atoms with Gasteiger partial charge in [-0.05, 0) is 51.0 Å². The number of carbonyl (C=O) groups excluding carboxylic acids is 1. The fourth-order valence-electron chi connectivity index (χ4n) is 1.93. The molecule has 0 aliphatic carbocycles. The molecule has 1 amide bonds. The molecule has 2 rings (SSSR count). The number of nitrogens with one attached hydrogen (secondary N) is 2. The summed E-state index contributed by atoms with van der Waals surface area (Å²) in [6.07, 6.45) is 0. The standard InChI is InChI=1S/C14H18N4OS/c1-8-5-9(2)7-12(6-8)15-10(3)13(19)16-14-18-17-11(4)20-14/h5-7,10,15H,1-4H3,(H,16,18,19). The molecule has 1 aromatic carbocycles. The number of aromatic nitrogens is 2. The van der Waals surface area contributed by atoms with E-state index in [0.29, 0.717) is 5.13 Å². The Bertz CT molecular complexity index is 603. The molecular formula is C14H18N4OS. The van der Waals surface area contributed by atoms with E-state index in [9.17, 15) is 4.79 Å².